The smallest absolute Gasteiger partial charge is 0.244 e. The lowest BCUT2D eigenvalue weighted by molar-refractivity contribution is -0.140. The lowest BCUT2D eigenvalue weighted by Crippen LogP contribution is -2.53. The molecule has 10 heteroatoms. The largest absolute Gasteiger partial charge is 0.495 e. The molecule has 2 amide bonds. The number of benzene rings is 3. The van der Waals surface area contributed by atoms with Gasteiger partial charge >= 0.3 is 0 Å². The van der Waals surface area contributed by atoms with Crippen LogP contribution in [-0.4, -0.2) is 57.6 Å². The van der Waals surface area contributed by atoms with Gasteiger partial charge in [-0.15, -0.1) is 0 Å². The summed E-state index contributed by atoms with van der Waals surface area (Å²) in [7, 11) is -2.48. The van der Waals surface area contributed by atoms with E-state index >= 15 is 0 Å². The zero-order chi connectivity index (χ0) is 30.0. The molecule has 0 saturated heterocycles. The monoisotopic (exact) mass is 599 g/mol. The summed E-state index contributed by atoms with van der Waals surface area (Å²) >= 11 is 6.49. The molecule has 0 heterocycles. The third-order valence-electron chi connectivity index (χ3n) is 6.68. The van der Waals surface area contributed by atoms with Crippen LogP contribution in [0.3, 0.4) is 0 Å². The van der Waals surface area contributed by atoms with E-state index in [2.05, 4.69) is 5.32 Å². The van der Waals surface area contributed by atoms with Crippen LogP contribution in [0, 0.1) is 6.92 Å². The van der Waals surface area contributed by atoms with Gasteiger partial charge in [-0.05, 0) is 48.2 Å². The van der Waals surface area contributed by atoms with E-state index in [0.717, 1.165) is 34.5 Å². The summed E-state index contributed by atoms with van der Waals surface area (Å²) in [4.78, 5) is 29.3. The number of nitrogens with one attached hydrogen (secondary N) is 1. The Kier molecular flexibility index (Phi) is 11.6. The molecule has 0 aliphatic carbocycles. The fourth-order valence-corrected chi connectivity index (χ4v) is 5.50. The van der Waals surface area contributed by atoms with Gasteiger partial charge in [-0.25, -0.2) is 8.42 Å². The molecule has 0 unspecified atom stereocenters. The van der Waals surface area contributed by atoms with E-state index in [1.54, 1.807) is 42.5 Å². The Labute approximate surface area is 248 Å². The number of anilines is 1. The van der Waals surface area contributed by atoms with Gasteiger partial charge in [-0.1, -0.05) is 79.5 Å². The molecule has 3 rings (SSSR count). The van der Waals surface area contributed by atoms with Crippen molar-refractivity contribution in [1.82, 2.24) is 10.2 Å². The third kappa shape index (κ3) is 8.96. The maximum Gasteiger partial charge on any atom is 0.244 e. The van der Waals surface area contributed by atoms with Crippen LogP contribution in [0.15, 0.2) is 72.8 Å². The number of hydrogen-bond donors (Lipinski definition) is 1. The summed E-state index contributed by atoms with van der Waals surface area (Å²) in [6.45, 7) is 3.80. The molecule has 3 aromatic rings. The first-order valence-corrected chi connectivity index (χ1v) is 15.7. The van der Waals surface area contributed by atoms with Crippen molar-refractivity contribution in [2.75, 3.05) is 30.8 Å². The number of amides is 2. The Morgan fingerprint density at radius 2 is 1.71 bits per heavy atom. The van der Waals surface area contributed by atoms with Gasteiger partial charge in [-0.2, -0.15) is 0 Å². The lowest BCUT2D eigenvalue weighted by atomic mass is 10.0. The molecule has 0 saturated carbocycles. The molecule has 0 aliphatic rings. The molecule has 0 bridgehead atoms. The van der Waals surface area contributed by atoms with Crippen molar-refractivity contribution in [3.8, 4) is 5.75 Å². The van der Waals surface area contributed by atoms with Gasteiger partial charge in [0, 0.05) is 24.5 Å². The zero-order valence-corrected chi connectivity index (χ0v) is 25.5. The predicted molar refractivity (Wildman–Crippen MR) is 164 cm³/mol. The lowest BCUT2D eigenvalue weighted by Gasteiger charge is -2.34. The zero-order valence-electron chi connectivity index (χ0n) is 24.0. The van der Waals surface area contributed by atoms with E-state index in [-0.39, 0.29) is 24.6 Å². The number of sulfonamides is 1. The minimum atomic E-state index is -3.92. The SMILES string of the molecule is CCCCNC(=O)[C@H](Cc1ccccc1)N(Cc1ccccc1Cl)C(=O)CN(c1cc(C)ccc1OC)S(C)(=O)=O. The summed E-state index contributed by atoms with van der Waals surface area (Å²) in [5.41, 5.74) is 2.54. The molecule has 220 valence electrons. The maximum absolute atomic E-state index is 14.2. The fraction of sp³-hybridized carbons (Fsp3) is 0.355. The molecular formula is C31H38ClN3O5S. The Bertz CT molecular complexity index is 1430. The van der Waals surface area contributed by atoms with Crippen molar-refractivity contribution >= 4 is 39.1 Å². The molecule has 0 aliphatic heterocycles. The number of carbonyl (C=O) groups excluding carboxylic acids is 2. The summed E-state index contributed by atoms with van der Waals surface area (Å²) in [6.07, 6.45) is 2.96. The number of methoxy groups -OCH3 is 1. The van der Waals surface area contributed by atoms with Crippen LogP contribution in [0.4, 0.5) is 5.69 Å². The van der Waals surface area contributed by atoms with Crippen molar-refractivity contribution in [1.29, 1.82) is 0 Å². The minimum absolute atomic E-state index is 0.0136. The van der Waals surface area contributed by atoms with E-state index in [9.17, 15) is 18.0 Å². The highest BCUT2D eigenvalue weighted by molar-refractivity contribution is 7.92. The highest BCUT2D eigenvalue weighted by Crippen LogP contribution is 2.31. The average Bonchev–Trinajstić information content (AvgIpc) is 2.94. The average molecular weight is 600 g/mol. The highest BCUT2D eigenvalue weighted by Gasteiger charge is 2.34. The van der Waals surface area contributed by atoms with Gasteiger partial charge in [-0.3, -0.25) is 13.9 Å². The first-order chi connectivity index (χ1) is 19.5. The summed E-state index contributed by atoms with van der Waals surface area (Å²) in [5, 5.41) is 3.40. The second-order valence-electron chi connectivity index (χ2n) is 9.91. The Morgan fingerprint density at radius 1 is 1.02 bits per heavy atom. The van der Waals surface area contributed by atoms with Gasteiger partial charge in [0.2, 0.25) is 21.8 Å². The first kappa shape index (κ1) is 32.0. The number of unbranched alkanes of at least 4 members (excludes halogenated alkanes) is 1. The van der Waals surface area contributed by atoms with Gasteiger partial charge in [0.1, 0.15) is 18.3 Å². The highest BCUT2D eigenvalue weighted by atomic mass is 35.5. The van der Waals surface area contributed by atoms with E-state index < -0.39 is 28.5 Å². The van der Waals surface area contributed by atoms with Crippen LogP contribution in [0.1, 0.15) is 36.5 Å². The summed E-state index contributed by atoms with van der Waals surface area (Å²) in [6, 6.07) is 20.7. The number of halogens is 1. The Hall–Kier alpha value is -3.56. The number of carbonyl (C=O) groups is 2. The number of aryl methyl sites for hydroxylation is 1. The van der Waals surface area contributed by atoms with E-state index in [0.29, 0.717) is 22.9 Å². The van der Waals surface area contributed by atoms with Crippen LogP contribution >= 0.6 is 11.6 Å². The summed E-state index contributed by atoms with van der Waals surface area (Å²) in [5.74, 6) is -0.558. The van der Waals surface area contributed by atoms with Crippen LogP contribution in [-0.2, 0) is 32.6 Å². The standard InChI is InChI=1S/C31H38ClN3O5S/c1-5-6-18-33-31(37)28(20-24-12-8-7-9-13-24)34(21-25-14-10-11-15-26(25)32)30(36)22-35(41(4,38)39)27-19-23(2)16-17-29(27)40-3/h7-17,19,28H,5-6,18,20-22H2,1-4H3,(H,33,37)/t28-/m0/s1. The Balaban J connectivity index is 2.09. The van der Waals surface area contributed by atoms with Gasteiger partial charge < -0.3 is 15.0 Å². The number of nitrogens with zero attached hydrogens (tertiary/aromatic N) is 2. The first-order valence-electron chi connectivity index (χ1n) is 13.5. The van der Waals surface area contributed by atoms with Gasteiger partial charge in [0.15, 0.2) is 0 Å². The van der Waals surface area contributed by atoms with Crippen LogP contribution in [0.25, 0.3) is 0 Å². The van der Waals surface area contributed by atoms with Crippen LogP contribution in [0.2, 0.25) is 5.02 Å². The molecular weight excluding hydrogens is 562 g/mol. The van der Waals surface area contributed by atoms with E-state index in [1.807, 2.05) is 44.2 Å². The molecule has 1 atom stereocenters. The Morgan fingerprint density at radius 3 is 2.34 bits per heavy atom. The normalized spacial score (nSPS) is 11.9. The van der Waals surface area contributed by atoms with Crippen molar-refractivity contribution in [2.24, 2.45) is 0 Å². The third-order valence-corrected chi connectivity index (χ3v) is 8.18. The van der Waals surface area contributed by atoms with Crippen LogP contribution < -0.4 is 14.4 Å². The molecule has 0 aromatic heterocycles. The number of rotatable bonds is 14. The maximum atomic E-state index is 14.2. The van der Waals surface area contributed by atoms with E-state index in [4.69, 9.17) is 16.3 Å². The minimum Gasteiger partial charge on any atom is -0.495 e. The molecule has 41 heavy (non-hydrogen) atoms. The van der Waals surface area contributed by atoms with Crippen LogP contribution in [0.5, 0.6) is 5.75 Å². The number of hydrogen-bond acceptors (Lipinski definition) is 5. The molecule has 3 aromatic carbocycles. The molecule has 0 spiro atoms. The number of ether oxygens (including phenoxy) is 1. The predicted octanol–water partition coefficient (Wildman–Crippen LogP) is 4.98. The van der Waals surface area contributed by atoms with Crippen molar-refractivity contribution in [3.05, 3.63) is 94.5 Å². The summed E-state index contributed by atoms with van der Waals surface area (Å²) < 4.78 is 32.6. The fourth-order valence-electron chi connectivity index (χ4n) is 4.46. The van der Waals surface area contributed by atoms with Gasteiger partial charge in [0.25, 0.3) is 0 Å². The molecule has 0 radical (unpaired) electrons. The van der Waals surface area contributed by atoms with E-state index in [1.165, 1.54) is 12.0 Å². The van der Waals surface area contributed by atoms with Crippen molar-refractivity contribution < 1.29 is 22.7 Å². The second kappa shape index (κ2) is 14.9. The quantitative estimate of drug-likeness (QED) is 0.264. The molecule has 8 nitrogen and oxygen atoms in total. The van der Waals surface area contributed by atoms with Gasteiger partial charge in [0.05, 0.1) is 19.1 Å². The molecule has 1 N–H and O–H groups in total. The van der Waals surface area contributed by atoms with Crippen molar-refractivity contribution in [2.45, 2.75) is 45.7 Å². The van der Waals surface area contributed by atoms with Crippen molar-refractivity contribution in [3.63, 3.8) is 0 Å². The topological polar surface area (TPSA) is 96.0 Å². The molecule has 0 fully saturated rings. The second-order valence-corrected chi connectivity index (χ2v) is 12.2.